The van der Waals surface area contributed by atoms with Crippen LogP contribution in [0.2, 0.25) is 0 Å². The molecule has 0 aliphatic carbocycles. The lowest BCUT2D eigenvalue weighted by atomic mass is 9.96. The topological polar surface area (TPSA) is 70.2 Å². The molecular formula is C32H34F3N5O. The number of rotatable bonds is 7. The van der Waals surface area contributed by atoms with Gasteiger partial charge in [-0.15, -0.1) is 0 Å². The van der Waals surface area contributed by atoms with Crippen molar-refractivity contribution < 1.29 is 18.0 Å². The molecule has 1 fully saturated rings. The van der Waals surface area contributed by atoms with E-state index >= 15 is 0 Å². The van der Waals surface area contributed by atoms with Crippen LogP contribution in [0.1, 0.15) is 46.8 Å². The van der Waals surface area contributed by atoms with Crippen molar-refractivity contribution in [2.75, 3.05) is 36.8 Å². The van der Waals surface area contributed by atoms with E-state index in [9.17, 15) is 18.0 Å². The highest BCUT2D eigenvalue weighted by atomic mass is 19.4. The zero-order valence-electron chi connectivity index (χ0n) is 23.5. The fourth-order valence-corrected chi connectivity index (χ4v) is 5.38. The first-order valence-electron chi connectivity index (χ1n) is 13.9. The minimum atomic E-state index is -4.50. The van der Waals surface area contributed by atoms with E-state index in [-0.39, 0.29) is 11.3 Å². The zero-order valence-corrected chi connectivity index (χ0v) is 23.5. The number of likely N-dealkylation sites (tertiary alicyclic amines) is 1. The molecule has 41 heavy (non-hydrogen) atoms. The third kappa shape index (κ3) is 6.51. The smallest absolute Gasteiger partial charge is 0.354 e. The monoisotopic (exact) mass is 561 g/mol. The molecular weight excluding hydrogens is 527 g/mol. The van der Waals surface area contributed by atoms with Crippen LogP contribution < -0.4 is 10.6 Å². The summed E-state index contributed by atoms with van der Waals surface area (Å²) in [6, 6.07) is 14.9. The van der Waals surface area contributed by atoms with Crippen molar-refractivity contribution in [3.05, 3.63) is 83.0 Å². The Bertz CT molecular complexity index is 1560. The van der Waals surface area contributed by atoms with Crippen molar-refractivity contribution >= 4 is 28.4 Å². The Morgan fingerprint density at radius 2 is 1.83 bits per heavy atom. The number of carbonyl (C=O) groups excluding carboxylic acids is 1. The number of fused-ring (bicyclic) bond motifs is 1. The van der Waals surface area contributed by atoms with Crippen LogP contribution in [0.25, 0.3) is 22.0 Å². The Kier molecular flexibility index (Phi) is 8.26. The molecule has 6 nitrogen and oxygen atoms in total. The molecule has 2 N–H and O–H groups in total. The van der Waals surface area contributed by atoms with Crippen molar-refractivity contribution in [2.45, 2.75) is 39.8 Å². The van der Waals surface area contributed by atoms with Crippen molar-refractivity contribution in [1.29, 1.82) is 0 Å². The lowest BCUT2D eigenvalue weighted by molar-refractivity contribution is -0.138. The fourth-order valence-electron chi connectivity index (χ4n) is 5.38. The van der Waals surface area contributed by atoms with E-state index in [1.54, 1.807) is 18.3 Å². The average molecular weight is 562 g/mol. The molecule has 1 amide bonds. The second-order valence-electron chi connectivity index (χ2n) is 10.7. The summed E-state index contributed by atoms with van der Waals surface area (Å²) in [6.07, 6.45) is -0.345. The van der Waals surface area contributed by atoms with Crippen molar-refractivity contribution in [3.63, 3.8) is 0 Å². The summed E-state index contributed by atoms with van der Waals surface area (Å²) in [6.45, 7) is 9.74. The molecule has 1 aliphatic rings. The van der Waals surface area contributed by atoms with Crippen LogP contribution in [0, 0.1) is 19.8 Å². The van der Waals surface area contributed by atoms with E-state index in [2.05, 4.69) is 27.4 Å². The zero-order chi connectivity index (χ0) is 29.1. The summed E-state index contributed by atoms with van der Waals surface area (Å²) in [5.41, 5.74) is 3.21. The Balaban J connectivity index is 1.31. The molecule has 3 aromatic carbocycles. The first-order chi connectivity index (χ1) is 19.6. The van der Waals surface area contributed by atoms with Gasteiger partial charge in [0.25, 0.3) is 5.91 Å². The number of nitrogens with zero attached hydrogens (tertiary/aromatic N) is 3. The molecule has 2 heterocycles. The van der Waals surface area contributed by atoms with Crippen LogP contribution >= 0.6 is 0 Å². The highest BCUT2D eigenvalue weighted by Crippen LogP contribution is 2.35. The molecule has 0 atom stereocenters. The number of benzene rings is 3. The average Bonchev–Trinajstić information content (AvgIpc) is 2.96. The summed E-state index contributed by atoms with van der Waals surface area (Å²) >= 11 is 0. The van der Waals surface area contributed by atoms with Crippen LogP contribution in [0.3, 0.4) is 0 Å². The first-order valence-corrected chi connectivity index (χ1v) is 13.9. The molecule has 1 aromatic heterocycles. The van der Waals surface area contributed by atoms with Crippen LogP contribution in [-0.4, -0.2) is 47.0 Å². The van der Waals surface area contributed by atoms with Crippen molar-refractivity contribution in [2.24, 2.45) is 5.92 Å². The van der Waals surface area contributed by atoms with Gasteiger partial charge in [-0.3, -0.25) is 4.79 Å². The Morgan fingerprint density at radius 3 is 2.56 bits per heavy atom. The molecule has 0 bridgehead atoms. The maximum Gasteiger partial charge on any atom is 0.416 e. The van der Waals surface area contributed by atoms with Gasteiger partial charge >= 0.3 is 6.18 Å². The highest BCUT2D eigenvalue weighted by Gasteiger charge is 2.33. The quantitative estimate of drug-likeness (QED) is 0.247. The number of carbonyl (C=O) groups is 1. The van der Waals surface area contributed by atoms with E-state index in [0.717, 1.165) is 59.8 Å². The lowest BCUT2D eigenvalue weighted by Crippen LogP contribution is -2.35. The minimum absolute atomic E-state index is 0.0223. The van der Waals surface area contributed by atoms with Gasteiger partial charge in [0.2, 0.25) is 5.95 Å². The van der Waals surface area contributed by atoms with Gasteiger partial charge < -0.3 is 15.5 Å². The van der Waals surface area contributed by atoms with Crippen molar-refractivity contribution in [3.8, 4) is 11.1 Å². The normalized spacial score (nSPS) is 14.8. The van der Waals surface area contributed by atoms with E-state index in [1.807, 2.05) is 31.2 Å². The molecule has 1 saturated heterocycles. The number of halogens is 3. The molecule has 9 heteroatoms. The van der Waals surface area contributed by atoms with Crippen LogP contribution in [-0.2, 0) is 6.18 Å². The Labute approximate surface area is 238 Å². The van der Waals surface area contributed by atoms with Gasteiger partial charge in [0.15, 0.2) is 0 Å². The maximum atomic E-state index is 13.3. The van der Waals surface area contributed by atoms with Crippen LogP contribution in [0.4, 0.5) is 24.8 Å². The van der Waals surface area contributed by atoms with Gasteiger partial charge in [-0.25, -0.2) is 9.97 Å². The SMILES string of the molecule is CCN1CCC(CNc2ncc3cc(-c4cc(C(=O)Nc5cccc(C(F)(F)F)c5C)ccc4C)ccc3n2)CC1. The van der Waals surface area contributed by atoms with E-state index in [1.165, 1.54) is 31.9 Å². The third-order valence-corrected chi connectivity index (χ3v) is 7.98. The number of aryl methyl sites for hydroxylation is 1. The van der Waals surface area contributed by atoms with Gasteiger partial charge in [-0.05, 0) is 111 Å². The number of anilines is 2. The molecule has 0 unspecified atom stereocenters. The highest BCUT2D eigenvalue weighted by molar-refractivity contribution is 6.05. The van der Waals surface area contributed by atoms with Crippen LogP contribution in [0.5, 0.6) is 0 Å². The molecule has 4 aromatic rings. The largest absolute Gasteiger partial charge is 0.416 e. The molecule has 1 aliphatic heterocycles. The summed E-state index contributed by atoms with van der Waals surface area (Å²) in [5, 5.41) is 6.92. The van der Waals surface area contributed by atoms with E-state index < -0.39 is 17.6 Å². The fraction of sp³-hybridized carbons (Fsp3) is 0.344. The summed E-state index contributed by atoms with van der Waals surface area (Å²) in [5.74, 6) is 0.751. The lowest BCUT2D eigenvalue weighted by Gasteiger charge is -2.31. The van der Waals surface area contributed by atoms with Crippen LogP contribution in [0.15, 0.2) is 60.8 Å². The van der Waals surface area contributed by atoms with E-state index in [4.69, 9.17) is 4.98 Å². The molecule has 0 radical (unpaired) electrons. The number of hydrogen-bond acceptors (Lipinski definition) is 5. The number of alkyl halides is 3. The van der Waals surface area contributed by atoms with Gasteiger partial charge in [0.1, 0.15) is 0 Å². The summed E-state index contributed by atoms with van der Waals surface area (Å²) in [7, 11) is 0. The molecule has 0 saturated carbocycles. The first kappa shape index (κ1) is 28.5. The third-order valence-electron chi connectivity index (χ3n) is 7.98. The number of aromatic nitrogens is 2. The minimum Gasteiger partial charge on any atom is -0.354 e. The van der Waals surface area contributed by atoms with Gasteiger partial charge in [-0.1, -0.05) is 25.1 Å². The van der Waals surface area contributed by atoms with E-state index in [0.29, 0.717) is 17.4 Å². The summed E-state index contributed by atoms with van der Waals surface area (Å²) in [4.78, 5) is 24.8. The number of nitrogens with one attached hydrogen (secondary N) is 2. The molecule has 0 spiro atoms. The number of hydrogen-bond donors (Lipinski definition) is 2. The summed E-state index contributed by atoms with van der Waals surface area (Å²) < 4.78 is 40.0. The van der Waals surface area contributed by atoms with Gasteiger partial charge in [-0.2, -0.15) is 13.2 Å². The second-order valence-corrected chi connectivity index (χ2v) is 10.7. The second kappa shape index (κ2) is 11.9. The standard InChI is InChI=1S/C32H34F3N5O/c1-4-40-14-12-22(13-15-40)18-36-31-37-19-25-16-23(10-11-29(25)39-31)26-17-24(9-8-20(26)2)30(41)38-28-7-5-6-27(21(28)3)32(33,34)35/h5-11,16-17,19,22H,4,12-15,18H2,1-3H3,(H,38,41)(H,36,37,39). The number of amides is 1. The maximum absolute atomic E-state index is 13.3. The van der Waals surface area contributed by atoms with Gasteiger partial charge in [0.05, 0.1) is 11.1 Å². The van der Waals surface area contributed by atoms with Crippen molar-refractivity contribution in [1.82, 2.24) is 14.9 Å². The Morgan fingerprint density at radius 1 is 1.05 bits per heavy atom. The molecule has 5 rings (SSSR count). The number of piperidine rings is 1. The predicted molar refractivity (Wildman–Crippen MR) is 157 cm³/mol. The predicted octanol–water partition coefficient (Wildman–Crippen LogP) is 7.33. The Hall–Kier alpha value is -3.98. The molecule has 214 valence electrons. The van der Waals surface area contributed by atoms with Gasteiger partial charge in [0, 0.05) is 29.4 Å².